The number of hydrogen-bond acceptors (Lipinski definition) is 3. The Hall–Kier alpha value is -1.30. The van der Waals surface area contributed by atoms with Gasteiger partial charge in [-0.25, -0.2) is 9.59 Å². The van der Waals surface area contributed by atoms with Gasteiger partial charge in [0.05, 0.1) is 0 Å². The summed E-state index contributed by atoms with van der Waals surface area (Å²) < 4.78 is 0. The minimum atomic E-state index is -0.991. The first-order chi connectivity index (χ1) is 15.1. The number of aliphatic carboxylic acids is 1. The molecule has 6 heteroatoms. The van der Waals surface area contributed by atoms with Crippen LogP contribution in [0.2, 0.25) is 0 Å². The van der Waals surface area contributed by atoms with Crippen LogP contribution in [-0.2, 0) is 4.79 Å². The third-order valence-electron chi connectivity index (χ3n) is 5.87. The van der Waals surface area contributed by atoms with E-state index in [0.29, 0.717) is 25.9 Å². The molecule has 0 bridgehead atoms. The quantitative estimate of drug-likeness (QED) is 0.143. The number of carboxylic acid groups (broad SMARTS) is 1. The summed E-state index contributed by atoms with van der Waals surface area (Å²) in [6.07, 6.45) is 23.0. The third kappa shape index (κ3) is 21.7. The lowest BCUT2D eigenvalue weighted by Gasteiger charge is -2.15. The zero-order valence-electron chi connectivity index (χ0n) is 20.3. The van der Waals surface area contributed by atoms with Crippen LogP contribution in [0.5, 0.6) is 0 Å². The maximum Gasteiger partial charge on any atom is 0.326 e. The number of amides is 2. The highest BCUT2D eigenvalue weighted by molar-refractivity contribution is 5.82. The molecule has 0 rings (SSSR count). The van der Waals surface area contributed by atoms with Gasteiger partial charge in [0.1, 0.15) is 6.04 Å². The summed E-state index contributed by atoms with van der Waals surface area (Å²) in [5.41, 5.74) is 5.42. The normalized spacial score (nSPS) is 11.9. The van der Waals surface area contributed by atoms with E-state index >= 15 is 0 Å². The molecule has 0 aliphatic heterocycles. The SMILES string of the molecule is CCCCCCCCCCCCCCCCCCNC(=O)N[C@@H](CCCCN)C(=O)O. The van der Waals surface area contributed by atoms with Crippen LogP contribution >= 0.6 is 0 Å². The Morgan fingerprint density at radius 2 is 1.16 bits per heavy atom. The summed E-state index contributed by atoms with van der Waals surface area (Å²) in [7, 11) is 0. The number of nitrogens with one attached hydrogen (secondary N) is 2. The standard InChI is InChI=1S/C25H51N3O3/c1-2-3-4-5-6-7-8-9-10-11-12-13-14-15-16-19-22-27-25(31)28-23(24(29)30)20-17-18-21-26/h23H,2-22,26H2,1H3,(H,29,30)(H2,27,28,31)/t23-/m0/s1. The fraction of sp³-hybridized carbons (Fsp3) is 0.920. The topological polar surface area (TPSA) is 104 Å². The van der Waals surface area contributed by atoms with Crippen molar-refractivity contribution in [2.45, 2.75) is 135 Å². The predicted molar refractivity (Wildman–Crippen MR) is 130 cm³/mol. The monoisotopic (exact) mass is 441 g/mol. The lowest BCUT2D eigenvalue weighted by atomic mass is 10.0. The van der Waals surface area contributed by atoms with E-state index in [4.69, 9.17) is 10.8 Å². The molecule has 0 aromatic rings. The van der Waals surface area contributed by atoms with Gasteiger partial charge in [-0.2, -0.15) is 0 Å². The second kappa shape index (κ2) is 23.4. The third-order valence-corrected chi connectivity index (χ3v) is 5.87. The number of urea groups is 1. The van der Waals surface area contributed by atoms with Gasteiger partial charge in [-0.1, -0.05) is 103 Å². The minimum absolute atomic E-state index is 0.388. The van der Waals surface area contributed by atoms with E-state index in [1.807, 2.05) is 0 Å². The summed E-state index contributed by atoms with van der Waals surface area (Å²) in [5, 5.41) is 14.5. The number of carbonyl (C=O) groups excluding carboxylic acids is 1. The number of carbonyl (C=O) groups is 2. The van der Waals surface area contributed by atoms with Crippen molar-refractivity contribution in [3.8, 4) is 0 Å². The number of hydrogen-bond donors (Lipinski definition) is 4. The highest BCUT2D eigenvalue weighted by atomic mass is 16.4. The van der Waals surface area contributed by atoms with Crippen molar-refractivity contribution in [2.75, 3.05) is 13.1 Å². The molecule has 0 aromatic heterocycles. The van der Waals surface area contributed by atoms with Crippen molar-refractivity contribution in [1.29, 1.82) is 0 Å². The fourth-order valence-electron chi connectivity index (χ4n) is 3.83. The Morgan fingerprint density at radius 3 is 1.58 bits per heavy atom. The highest BCUT2D eigenvalue weighted by Gasteiger charge is 2.18. The van der Waals surface area contributed by atoms with Crippen LogP contribution in [0.1, 0.15) is 129 Å². The van der Waals surface area contributed by atoms with Crippen LogP contribution in [0, 0.1) is 0 Å². The predicted octanol–water partition coefficient (Wildman–Crippen LogP) is 6.13. The van der Waals surface area contributed by atoms with E-state index in [9.17, 15) is 9.59 Å². The maximum absolute atomic E-state index is 11.8. The van der Waals surface area contributed by atoms with Crippen LogP contribution < -0.4 is 16.4 Å². The molecule has 0 radical (unpaired) electrons. The maximum atomic E-state index is 11.8. The molecule has 6 nitrogen and oxygen atoms in total. The first-order valence-electron chi connectivity index (χ1n) is 13.1. The molecule has 5 N–H and O–H groups in total. The molecular formula is C25H51N3O3. The average Bonchev–Trinajstić information content (AvgIpc) is 2.75. The van der Waals surface area contributed by atoms with E-state index < -0.39 is 12.0 Å². The first-order valence-corrected chi connectivity index (χ1v) is 13.1. The second-order valence-corrected chi connectivity index (χ2v) is 8.88. The van der Waals surface area contributed by atoms with E-state index in [-0.39, 0.29) is 6.03 Å². The molecule has 0 fully saturated rings. The second-order valence-electron chi connectivity index (χ2n) is 8.88. The average molecular weight is 442 g/mol. The van der Waals surface area contributed by atoms with Gasteiger partial charge in [-0.15, -0.1) is 0 Å². The molecule has 1 atom stereocenters. The van der Waals surface area contributed by atoms with Crippen LogP contribution in [0.4, 0.5) is 4.79 Å². The number of carboxylic acids is 1. The molecule has 0 spiro atoms. The molecule has 0 aromatic carbocycles. The number of rotatable bonds is 23. The van der Waals surface area contributed by atoms with Gasteiger partial charge in [-0.05, 0) is 32.2 Å². The van der Waals surface area contributed by atoms with Crippen molar-refractivity contribution in [3.05, 3.63) is 0 Å². The molecule has 0 unspecified atom stereocenters. The minimum Gasteiger partial charge on any atom is -0.480 e. The Labute approximate surface area is 191 Å². The first kappa shape index (κ1) is 29.7. The molecule has 184 valence electrons. The van der Waals surface area contributed by atoms with Crippen molar-refractivity contribution >= 4 is 12.0 Å². The fourth-order valence-corrected chi connectivity index (χ4v) is 3.83. The highest BCUT2D eigenvalue weighted by Crippen LogP contribution is 2.13. The summed E-state index contributed by atoms with van der Waals surface area (Å²) in [6.45, 7) is 3.41. The van der Waals surface area contributed by atoms with Crippen molar-refractivity contribution in [1.82, 2.24) is 10.6 Å². The van der Waals surface area contributed by atoms with Gasteiger partial charge in [0.25, 0.3) is 0 Å². The molecule has 0 saturated carbocycles. The Balaban J connectivity index is 3.38. The molecular weight excluding hydrogens is 390 g/mol. The molecule has 2 amide bonds. The van der Waals surface area contributed by atoms with Crippen LogP contribution in [0.15, 0.2) is 0 Å². The molecule has 31 heavy (non-hydrogen) atoms. The summed E-state index contributed by atoms with van der Waals surface area (Å²) in [6, 6.07) is -1.22. The number of unbranched alkanes of at least 4 members (excludes halogenated alkanes) is 16. The Morgan fingerprint density at radius 1 is 0.710 bits per heavy atom. The van der Waals surface area contributed by atoms with Gasteiger partial charge < -0.3 is 21.5 Å². The van der Waals surface area contributed by atoms with Crippen molar-refractivity contribution < 1.29 is 14.7 Å². The van der Waals surface area contributed by atoms with E-state index in [1.54, 1.807) is 0 Å². The Kier molecular flexibility index (Phi) is 22.4. The molecule has 0 aliphatic carbocycles. The summed E-state index contributed by atoms with van der Waals surface area (Å²) >= 11 is 0. The van der Waals surface area contributed by atoms with Gasteiger partial charge in [-0.3, -0.25) is 0 Å². The summed E-state index contributed by atoms with van der Waals surface area (Å²) in [4.78, 5) is 23.0. The molecule has 0 saturated heterocycles. The van der Waals surface area contributed by atoms with E-state index in [2.05, 4.69) is 17.6 Å². The van der Waals surface area contributed by atoms with E-state index in [1.165, 1.54) is 89.9 Å². The van der Waals surface area contributed by atoms with E-state index in [0.717, 1.165) is 19.3 Å². The largest absolute Gasteiger partial charge is 0.480 e. The van der Waals surface area contributed by atoms with Crippen molar-refractivity contribution in [2.24, 2.45) is 5.73 Å². The van der Waals surface area contributed by atoms with Crippen molar-refractivity contribution in [3.63, 3.8) is 0 Å². The smallest absolute Gasteiger partial charge is 0.326 e. The van der Waals surface area contributed by atoms with Gasteiger partial charge in [0.2, 0.25) is 0 Å². The molecule has 0 aliphatic rings. The van der Waals surface area contributed by atoms with Gasteiger partial charge >= 0.3 is 12.0 Å². The van der Waals surface area contributed by atoms with Gasteiger partial charge in [0.15, 0.2) is 0 Å². The van der Waals surface area contributed by atoms with Gasteiger partial charge in [0, 0.05) is 6.54 Å². The van der Waals surface area contributed by atoms with Crippen LogP contribution in [0.25, 0.3) is 0 Å². The Bertz CT molecular complexity index is 419. The number of nitrogens with two attached hydrogens (primary N) is 1. The van der Waals surface area contributed by atoms with Crippen LogP contribution in [-0.4, -0.2) is 36.2 Å². The summed E-state index contributed by atoms with van der Waals surface area (Å²) in [5.74, 6) is -0.991. The molecule has 0 heterocycles. The zero-order valence-corrected chi connectivity index (χ0v) is 20.3. The lowest BCUT2D eigenvalue weighted by Crippen LogP contribution is -2.46. The lowest BCUT2D eigenvalue weighted by molar-refractivity contribution is -0.139. The van der Waals surface area contributed by atoms with Crippen LogP contribution in [0.3, 0.4) is 0 Å². The zero-order chi connectivity index (χ0) is 23.0.